The molecule has 31 heavy (non-hydrogen) atoms. The lowest BCUT2D eigenvalue weighted by Gasteiger charge is -2.13. The summed E-state index contributed by atoms with van der Waals surface area (Å²) < 4.78 is 35.1. The maximum Gasteiger partial charge on any atom is 0.265 e. The second-order valence-electron chi connectivity index (χ2n) is 7.26. The lowest BCUT2D eigenvalue weighted by molar-refractivity contribution is 0.0941. The maximum atomic E-state index is 13.1. The Bertz CT molecular complexity index is 1330. The number of methoxy groups -OCH3 is 2. The standard InChI is InChI=1S/C21H21N3O6S/c1-29-15-4-6-19(30-2)18(10-15)24-12-22-17-9-13(3-5-16(17)21(24)26)20(25)23-14-7-8-31(27,28)11-14/h3-6,9-10,12,14H,7-8,11H2,1-2H3,(H,23,25). The predicted molar refractivity (Wildman–Crippen MR) is 115 cm³/mol. The van der Waals surface area contributed by atoms with Gasteiger partial charge in [0.2, 0.25) is 0 Å². The monoisotopic (exact) mass is 443 g/mol. The van der Waals surface area contributed by atoms with E-state index in [2.05, 4.69) is 10.3 Å². The van der Waals surface area contributed by atoms with Crippen molar-refractivity contribution in [2.24, 2.45) is 0 Å². The van der Waals surface area contributed by atoms with Crippen LogP contribution in [0.1, 0.15) is 16.8 Å². The van der Waals surface area contributed by atoms with Gasteiger partial charge in [-0.3, -0.25) is 14.2 Å². The highest BCUT2D eigenvalue weighted by atomic mass is 32.2. The number of fused-ring (bicyclic) bond motifs is 1. The number of hydrogen-bond acceptors (Lipinski definition) is 7. The predicted octanol–water partition coefficient (Wildman–Crippen LogP) is 1.32. The third kappa shape index (κ3) is 4.11. The van der Waals surface area contributed by atoms with Gasteiger partial charge in [0.1, 0.15) is 17.8 Å². The quantitative estimate of drug-likeness (QED) is 0.632. The third-order valence-electron chi connectivity index (χ3n) is 5.23. The molecule has 0 spiro atoms. The molecule has 1 saturated heterocycles. The Morgan fingerprint density at radius 2 is 1.97 bits per heavy atom. The fourth-order valence-electron chi connectivity index (χ4n) is 3.60. The van der Waals surface area contributed by atoms with E-state index in [0.717, 1.165) is 0 Å². The zero-order chi connectivity index (χ0) is 22.2. The molecule has 1 aliphatic rings. The molecule has 0 bridgehead atoms. The van der Waals surface area contributed by atoms with E-state index in [-0.39, 0.29) is 17.1 Å². The van der Waals surface area contributed by atoms with Crippen LogP contribution in [0.2, 0.25) is 0 Å². The fourth-order valence-corrected chi connectivity index (χ4v) is 5.27. The molecule has 1 aliphatic heterocycles. The summed E-state index contributed by atoms with van der Waals surface area (Å²) in [4.78, 5) is 30.0. The molecule has 1 unspecified atom stereocenters. The highest BCUT2D eigenvalue weighted by Crippen LogP contribution is 2.27. The molecule has 162 valence electrons. The lowest BCUT2D eigenvalue weighted by Crippen LogP contribution is -2.35. The van der Waals surface area contributed by atoms with Crippen LogP contribution in [0.4, 0.5) is 0 Å². The minimum Gasteiger partial charge on any atom is -0.497 e. The Labute approximate surface area is 178 Å². The molecule has 1 N–H and O–H groups in total. The summed E-state index contributed by atoms with van der Waals surface area (Å²) in [5.41, 5.74) is 0.811. The molecule has 2 heterocycles. The van der Waals surface area contributed by atoms with Crippen LogP contribution in [0.3, 0.4) is 0 Å². The van der Waals surface area contributed by atoms with Crippen LogP contribution in [0.15, 0.2) is 47.5 Å². The number of rotatable bonds is 5. The normalized spacial score (nSPS) is 17.4. The highest BCUT2D eigenvalue weighted by molar-refractivity contribution is 7.91. The number of ether oxygens (including phenoxy) is 2. The number of nitrogens with zero attached hydrogens (tertiary/aromatic N) is 2. The largest absolute Gasteiger partial charge is 0.497 e. The Balaban J connectivity index is 1.68. The fraction of sp³-hybridized carbons (Fsp3) is 0.286. The smallest absolute Gasteiger partial charge is 0.265 e. The average Bonchev–Trinajstić information content (AvgIpc) is 3.11. The Morgan fingerprint density at radius 3 is 2.65 bits per heavy atom. The first-order valence-corrected chi connectivity index (χ1v) is 11.4. The van der Waals surface area contributed by atoms with Crippen LogP contribution in [-0.4, -0.2) is 55.6 Å². The maximum absolute atomic E-state index is 13.1. The van der Waals surface area contributed by atoms with Crippen LogP contribution in [0.25, 0.3) is 16.6 Å². The van der Waals surface area contributed by atoms with Gasteiger partial charge in [0.25, 0.3) is 11.5 Å². The first kappa shape index (κ1) is 20.9. The van der Waals surface area contributed by atoms with Gasteiger partial charge in [0.05, 0.1) is 42.3 Å². The molecule has 0 aliphatic carbocycles. The number of carbonyl (C=O) groups excluding carboxylic acids is 1. The van der Waals surface area contributed by atoms with Gasteiger partial charge >= 0.3 is 0 Å². The van der Waals surface area contributed by atoms with Crippen molar-refractivity contribution in [3.63, 3.8) is 0 Å². The Hall–Kier alpha value is -3.40. The second kappa shape index (κ2) is 8.03. The minimum atomic E-state index is -3.10. The molecule has 2 aromatic carbocycles. The molecule has 3 aromatic rings. The van der Waals surface area contributed by atoms with Gasteiger partial charge < -0.3 is 14.8 Å². The van der Waals surface area contributed by atoms with Crippen molar-refractivity contribution in [2.45, 2.75) is 12.5 Å². The average molecular weight is 443 g/mol. The van der Waals surface area contributed by atoms with Crippen molar-refractivity contribution in [2.75, 3.05) is 25.7 Å². The van der Waals surface area contributed by atoms with Crippen LogP contribution < -0.4 is 20.3 Å². The van der Waals surface area contributed by atoms with Crippen LogP contribution in [-0.2, 0) is 9.84 Å². The van der Waals surface area contributed by atoms with E-state index in [1.54, 1.807) is 18.2 Å². The van der Waals surface area contributed by atoms with Gasteiger partial charge in [-0.15, -0.1) is 0 Å². The van der Waals surface area contributed by atoms with Crippen molar-refractivity contribution >= 4 is 26.6 Å². The summed E-state index contributed by atoms with van der Waals surface area (Å²) in [6, 6.07) is 9.26. The van der Waals surface area contributed by atoms with E-state index >= 15 is 0 Å². The highest BCUT2D eigenvalue weighted by Gasteiger charge is 2.29. The summed E-state index contributed by atoms with van der Waals surface area (Å²) >= 11 is 0. The summed E-state index contributed by atoms with van der Waals surface area (Å²) in [6.07, 6.45) is 1.76. The Kier molecular flexibility index (Phi) is 5.40. The number of hydrogen-bond donors (Lipinski definition) is 1. The van der Waals surface area contributed by atoms with E-state index in [1.807, 2.05) is 0 Å². The number of carbonyl (C=O) groups is 1. The molecule has 4 rings (SSSR count). The molecule has 1 aromatic heterocycles. The summed E-state index contributed by atoms with van der Waals surface area (Å²) in [7, 11) is -0.0623. The molecule has 0 saturated carbocycles. The Morgan fingerprint density at radius 1 is 1.16 bits per heavy atom. The van der Waals surface area contributed by atoms with Gasteiger partial charge in [0.15, 0.2) is 9.84 Å². The number of benzene rings is 2. The summed E-state index contributed by atoms with van der Waals surface area (Å²) in [5.74, 6) is 0.655. The van der Waals surface area contributed by atoms with Gasteiger partial charge in [-0.25, -0.2) is 13.4 Å². The van der Waals surface area contributed by atoms with Crippen molar-refractivity contribution < 1.29 is 22.7 Å². The number of aromatic nitrogens is 2. The molecule has 1 fully saturated rings. The van der Waals surface area contributed by atoms with E-state index in [0.29, 0.717) is 40.1 Å². The SMILES string of the molecule is COc1ccc(OC)c(-n2cnc3cc(C(=O)NC4CCS(=O)(=O)C4)ccc3c2=O)c1. The summed E-state index contributed by atoms with van der Waals surface area (Å²) in [5, 5.41) is 3.06. The zero-order valence-electron chi connectivity index (χ0n) is 17.0. The summed E-state index contributed by atoms with van der Waals surface area (Å²) in [6.45, 7) is 0. The molecular formula is C21H21N3O6S. The number of nitrogens with one attached hydrogen (secondary N) is 1. The van der Waals surface area contributed by atoms with E-state index < -0.39 is 21.8 Å². The van der Waals surface area contributed by atoms with Gasteiger partial charge in [-0.05, 0) is 36.8 Å². The first-order valence-electron chi connectivity index (χ1n) is 9.56. The van der Waals surface area contributed by atoms with Crippen LogP contribution in [0, 0.1) is 0 Å². The van der Waals surface area contributed by atoms with Crippen LogP contribution >= 0.6 is 0 Å². The lowest BCUT2D eigenvalue weighted by atomic mass is 10.1. The van der Waals surface area contributed by atoms with Crippen molar-refractivity contribution in [1.82, 2.24) is 14.9 Å². The molecule has 10 heteroatoms. The van der Waals surface area contributed by atoms with Crippen molar-refractivity contribution in [3.05, 3.63) is 58.6 Å². The molecule has 1 atom stereocenters. The van der Waals surface area contributed by atoms with E-state index in [9.17, 15) is 18.0 Å². The number of amides is 1. The number of sulfone groups is 1. The third-order valence-corrected chi connectivity index (χ3v) is 7.00. The van der Waals surface area contributed by atoms with Crippen molar-refractivity contribution in [3.8, 4) is 17.2 Å². The van der Waals surface area contributed by atoms with Crippen LogP contribution in [0.5, 0.6) is 11.5 Å². The molecule has 0 radical (unpaired) electrons. The minimum absolute atomic E-state index is 0.0579. The van der Waals surface area contributed by atoms with E-state index in [1.165, 1.54) is 43.3 Å². The van der Waals surface area contributed by atoms with Gasteiger partial charge in [-0.1, -0.05) is 0 Å². The first-order chi connectivity index (χ1) is 14.8. The van der Waals surface area contributed by atoms with Crippen molar-refractivity contribution in [1.29, 1.82) is 0 Å². The zero-order valence-corrected chi connectivity index (χ0v) is 17.8. The topological polar surface area (TPSA) is 117 Å². The molecule has 9 nitrogen and oxygen atoms in total. The molecule has 1 amide bonds. The molecular weight excluding hydrogens is 422 g/mol. The van der Waals surface area contributed by atoms with Gasteiger partial charge in [-0.2, -0.15) is 0 Å². The van der Waals surface area contributed by atoms with E-state index in [4.69, 9.17) is 9.47 Å². The van der Waals surface area contributed by atoms with Gasteiger partial charge in [0, 0.05) is 17.7 Å². The second-order valence-corrected chi connectivity index (χ2v) is 9.49.